The van der Waals surface area contributed by atoms with Gasteiger partial charge in [-0.05, 0) is 51.4 Å². The molecule has 2 rings (SSSR count). The number of alkyl carbamates (subject to hydrolysis) is 1. The van der Waals surface area contributed by atoms with Crippen LogP contribution in [0.25, 0.3) is 0 Å². The van der Waals surface area contributed by atoms with E-state index in [1.54, 1.807) is 20.8 Å². The summed E-state index contributed by atoms with van der Waals surface area (Å²) in [5, 5.41) is 12.0. The summed E-state index contributed by atoms with van der Waals surface area (Å²) in [5.41, 5.74) is -0.619. The van der Waals surface area contributed by atoms with Gasteiger partial charge in [0.1, 0.15) is 11.6 Å². The third-order valence-corrected chi connectivity index (χ3v) is 5.25. The van der Waals surface area contributed by atoms with Crippen molar-refractivity contribution >= 4 is 12.1 Å². The Morgan fingerprint density at radius 3 is 2.43 bits per heavy atom. The molecule has 132 valence electrons. The SMILES string of the molecule is CC(C)(C)OC(=O)N[C@H](CC1CCCC2CCCCC21)C(=O)O. The minimum Gasteiger partial charge on any atom is -0.480 e. The zero-order valence-corrected chi connectivity index (χ0v) is 14.6. The molecule has 1 amide bonds. The Kier molecular flexibility index (Phi) is 5.93. The lowest BCUT2D eigenvalue weighted by molar-refractivity contribution is -0.140. The molecule has 0 spiro atoms. The van der Waals surface area contributed by atoms with Crippen LogP contribution in [0.5, 0.6) is 0 Å². The van der Waals surface area contributed by atoms with Crippen molar-refractivity contribution in [3.05, 3.63) is 0 Å². The second-order valence-electron chi connectivity index (χ2n) is 8.17. The van der Waals surface area contributed by atoms with Gasteiger partial charge in [0.15, 0.2) is 0 Å². The molecule has 23 heavy (non-hydrogen) atoms. The highest BCUT2D eigenvalue weighted by molar-refractivity contribution is 5.80. The van der Waals surface area contributed by atoms with E-state index >= 15 is 0 Å². The molecule has 0 aromatic carbocycles. The molecule has 0 saturated heterocycles. The number of ether oxygens (including phenoxy) is 1. The smallest absolute Gasteiger partial charge is 0.408 e. The molecule has 2 fully saturated rings. The number of amides is 1. The fourth-order valence-electron chi connectivity index (χ4n) is 4.34. The van der Waals surface area contributed by atoms with Gasteiger partial charge < -0.3 is 15.2 Å². The topological polar surface area (TPSA) is 75.6 Å². The molecule has 0 aromatic rings. The Labute approximate surface area is 139 Å². The molecule has 2 aliphatic rings. The van der Waals surface area contributed by atoms with Crippen molar-refractivity contribution in [3.8, 4) is 0 Å². The minimum atomic E-state index is -0.964. The summed E-state index contributed by atoms with van der Waals surface area (Å²) in [6.45, 7) is 5.32. The van der Waals surface area contributed by atoms with E-state index in [4.69, 9.17) is 4.74 Å². The van der Waals surface area contributed by atoms with Crippen LogP contribution in [-0.2, 0) is 9.53 Å². The number of rotatable bonds is 4. The molecule has 2 saturated carbocycles. The quantitative estimate of drug-likeness (QED) is 0.820. The van der Waals surface area contributed by atoms with E-state index in [1.807, 2.05) is 0 Å². The average Bonchev–Trinajstić information content (AvgIpc) is 2.44. The summed E-state index contributed by atoms with van der Waals surface area (Å²) in [5.74, 6) is 0.845. The highest BCUT2D eigenvalue weighted by Gasteiger charge is 2.37. The molecule has 0 bridgehead atoms. The predicted octanol–water partition coefficient (Wildman–Crippen LogP) is 3.96. The number of hydrogen-bond acceptors (Lipinski definition) is 3. The molecular weight excluding hydrogens is 294 g/mol. The maximum atomic E-state index is 11.9. The van der Waals surface area contributed by atoms with E-state index in [0.29, 0.717) is 18.3 Å². The van der Waals surface area contributed by atoms with Gasteiger partial charge in [-0.1, -0.05) is 38.5 Å². The third kappa shape index (κ3) is 5.40. The molecule has 4 atom stereocenters. The summed E-state index contributed by atoms with van der Waals surface area (Å²) in [6, 6.07) is -0.851. The number of nitrogens with one attached hydrogen (secondary N) is 1. The summed E-state index contributed by atoms with van der Waals surface area (Å²) in [4.78, 5) is 23.5. The maximum Gasteiger partial charge on any atom is 0.408 e. The van der Waals surface area contributed by atoms with Crippen molar-refractivity contribution < 1.29 is 19.4 Å². The Hall–Kier alpha value is -1.26. The van der Waals surface area contributed by atoms with E-state index in [-0.39, 0.29) is 0 Å². The van der Waals surface area contributed by atoms with Crippen molar-refractivity contribution in [2.45, 2.75) is 83.8 Å². The van der Waals surface area contributed by atoms with Crippen molar-refractivity contribution in [2.75, 3.05) is 0 Å². The van der Waals surface area contributed by atoms with Gasteiger partial charge in [-0.3, -0.25) is 0 Å². The fraction of sp³-hybridized carbons (Fsp3) is 0.889. The van der Waals surface area contributed by atoms with E-state index < -0.39 is 23.7 Å². The van der Waals surface area contributed by atoms with Gasteiger partial charge >= 0.3 is 12.1 Å². The molecule has 0 aliphatic heterocycles. The molecular formula is C18H31NO4. The standard InChI is InChI=1S/C18H31NO4/c1-18(2,3)23-17(22)19-15(16(20)21)11-13-9-6-8-12-7-4-5-10-14(12)13/h12-15H,4-11H2,1-3H3,(H,19,22)(H,20,21)/t12?,13?,14?,15-/m1/s1. The van der Waals surface area contributed by atoms with Gasteiger partial charge in [-0.15, -0.1) is 0 Å². The Morgan fingerprint density at radius 2 is 1.78 bits per heavy atom. The first-order chi connectivity index (χ1) is 10.8. The number of hydrogen-bond donors (Lipinski definition) is 2. The highest BCUT2D eigenvalue weighted by Crippen LogP contribution is 2.45. The Morgan fingerprint density at radius 1 is 1.13 bits per heavy atom. The van der Waals surface area contributed by atoms with Crippen LogP contribution < -0.4 is 5.32 Å². The van der Waals surface area contributed by atoms with Gasteiger partial charge in [-0.2, -0.15) is 0 Å². The largest absolute Gasteiger partial charge is 0.480 e. The average molecular weight is 325 g/mol. The fourth-order valence-corrected chi connectivity index (χ4v) is 4.34. The van der Waals surface area contributed by atoms with E-state index in [1.165, 1.54) is 38.5 Å². The number of fused-ring (bicyclic) bond motifs is 1. The monoisotopic (exact) mass is 325 g/mol. The summed E-state index contributed by atoms with van der Waals surface area (Å²) in [7, 11) is 0. The first kappa shape index (κ1) is 18.1. The van der Waals surface area contributed by atoms with Gasteiger partial charge in [-0.25, -0.2) is 9.59 Å². The lowest BCUT2D eigenvalue weighted by Crippen LogP contribution is -2.46. The second-order valence-corrected chi connectivity index (χ2v) is 8.17. The predicted molar refractivity (Wildman–Crippen MR) is 88.2 cm³/mol. The van der Waals surface area contributed by atoms with E-state index in [0.717, 1.165) is 12.3 Å². The molecule has 3 unspecified atom stereocenters. The molecule has 5 heteroatoms. The zero-order chi connectivity index (χ0) is 17.0. The Bertz CT molecular complexity index is 427. The van der Waals surface area contributed by atoms with Crippen LogP contribution in [0.15, 0.2) is 0 Å². The van der Waals surface area contributed by atoms with Crippen molar-refractivity contribution in [1.82, 2.24) is 5.32 Å². The van der Waals surface area contributed by atoms with Crippen LogP contribution in [0.3, 0.4) is 0 Å². The third-order valence-electron chi connectivity index (χ3n) is 5.25. The van der Waals surface area contributed by atoms with Gasteiger partial charge in [0, 0.05) is 0 Å². The van der Waals surface area contributed by atoms with Gasteiger partial charge in [0.05, 0.1) is 0 Å². The van der Waals surface area contributed by atoms with Crippen molar-refractivity contribution in [2.24, 2.45) is 17.8 Å². The van der Waals surface area contributed by atoms with Crippen LogP contribution >= 0.6 is 0 Å². The van der Waals surface area contributed by atoms with Crippen LogP contribution in [-0.4, -0.2) is 28.8 Å². The lowest BCUT2D eigenvalue weighted by Gasteiger charge is -2.42. The van der Waals surface area contributed by atoms with E-state index in [2.05, 4.69) is 5.32 Å². The van der Waals surface area contributed by atoms with Crippen LogP contribution in [0, 0.1) is 17.8 Å². The van der Waals surface area contributed by atoms with Crippen LogP contribution in [0.4, 0.5) is 4.79 Å². The minimum absolute atomic E-state index is 0.407. The number of carboxylic acids is 1. The summed E-state index contributed by atoms with van der Waals surface area (Å²) >= 11 is 0. The number of aliphatic carboxylic acids is 1. The Balaban J connectivity index is 1.95. The molecule has 2 aliphatic carbocycles. The molecule has 0 heterocycles. The van der Waals surface area contributed by atoms with Gasteiger partial charge in [0.2, 0.25) is 0 Å². The normalized spacial score (nSPS) is 29.3. The first-order valence-corrected chi connectivity index (χ1v) is 8.98. The summed E-state index contributed by atoms with van der Waals surface area (Å²) in [6.07, 6.45) is 8.52. The van der Waals surface area contributed by atoms with E-state index in [9.17, 15) is 14.7 Å². The van der Waals surface area contributed by atoms with Crippen molar-refractivity contribution in [3.63, 3.8) is 0 Å². The number of carbonyl (C=O) groups is 2. The molecule has 5 nitrogen and oxygen atoms in total. The highest BCUT2D eigenvalue weighted by atomic mass is 16.6. The van der Waals surface area contributed by atoms with Crippen molar-refractivity contribution in [1.29, 1.82) is 0 Å². The first-order valence-electron chi connectivity index (χ1n) is 8.98. The lowest BCUT2D eigenvalue weighted by atomic mass is 9.64. The van der Waals surface area contributed by atoms with Gasteiger partial charge in [0.25, 0.3) is 0 Å². The maximum absolute atomic E-state index is 11.9. The molecule has 0 radical (unpaired) electrons. The number of carbonyl (C=O) groups excluding carboxylic acids is 1. The zero-order valence-electron chi connectivity index (χ0n) is 14.6. The molecule has 0 aromatic heterocycles. The number of carboxylic acid groups (broad SMARTS) is 1. The van der Waals surface area contributed by atoms with Crippen LogP contribution in [0.2, 0.25) is 0 Å². The second kappa shape index (κ2) is 7.54. The molecule has 2 N–H and O–H groups in total. The summed E-state index contributed by atoms with van der Waals surface area (Å²) < 4.78 is 5.20. The van der Waals surface area contributed by atoms with Crippen LogP contribution in [0.1, 0.15) is 72.1 Å².